The number of aromatic nitrogens is 1. The zero-order valence-electron chi connectivity index (χ0n) is 11.0. The normalized spacial score (nSPS) is 12.4. The molecule has 0 fully saturated rings. The van der Waals surface area contributed by atoms with Crippen LogP contribution in [0.4, 0.5) is 0 Å². The number of pyridine rings is 1. The van der Waals surface area contributed by atoms with Crippen LogP contribution in [0.5, 0.6) is 0 Å². The van der Waals surface area contributed by atoms with Gasteiger partial charge in [-0.2, -0.15) is 0 Å². The van der Waals surface area contributed by atoms with Gasteiger partial charge in [-0.25, -0.2) is 0 Å². The van der Waals surface area contributed by atoms with Crippen LogP contribution in [0.2, 0.25) is 0 Å². The molecule has 5 heteroatoms. The van der Waals surface area contributed by atoms with Crippen molar-refractivity contribution in [2.24, 2.45) is 0 Å². The van der Waals surface area contributed by atoms with Crippen LogP contribution in [0.15, 0.2) is 47.3 Å². The van der Waals surface area contributed by atoms with Crippen LogP contribution in [-0.4, -0.2) is 29.9 Å². The van der Waals surface area contributed by atoms with Gasteiger partial charge in [-0.1, -0.05) is 6.07 Å². The van der Waals surface area contributed by atoms with E-state index in [4.69, 9.17) is 4.42 Å². The summed E-state index contributed by atoms with van der Waals surface area (Å²) < 4.78 is 5.19. The minimum absolute atomic E-state index is 0.0746. The number of carbonyl (C=O) groups is 1. The summed E-state index contributed by atoms with van der Waals surface area (Å²) in [6, 6.07) is 6.99. The van der Waals surface area contributed by atoms with Gasteiger partial charge >= 0.3 is 0 Å². The van der Waals surface area contributed by atoms with E-state index in [1.165, 1.54) is 0 Å². The molecule has 0 aliphatic carbocycles. The first-order valence-corrected chi connectivity index (χ1v) is 6.05. The molecule has 1 amide bonds. The predicted octanol–water partition coefficient (Wildman–Crippen LogP) is 1.59. The number of carbonyl (C=O) groups excluding carboxylic acids is 1. The lowest BCUT2D eigenvalue weighted by Gasteiger charge is -2.23. The fraction of sp³-hybridized carbons (Fsp3) is 0.286. The molecule has 2 rings (SSSR count). The van der Waals surface area contributed by atoms with E-state index in [9.17, 15) is 4.79 Å². The highest BCUT2D eigenvalue weighted by atomic mass is 16.3. The van der Waals surface area contributed by atoms with Gasteiger partial charge in [0.2, 0.25) is 5.91 Å². The zero-order chi connectivity index (χ0) is 13.7. The van der Waals surface area contributed by atoms with Crippen molar-refractivity contribution in [2.45, 2.75) is 12.6 Å². The number of likely N-dealkylation sites (N-methyl/N-ethyl adjacent to an activating group) is 1. The van der Waals surface area contributed by atoms with Crippen LogP contribution in [0.1, 0.15) is 17.4 Å². The fourth-order valence-corrected chi connectivity index (χ4v) is 1.91. The Kier molecular flexibility index (Phi) is 4.30. The molecule has 0 aromatic carbocycles. The Labute approximate surface area is 112 Å². The van der Waals surface area contributed by atoms with Crippen LogP contribution >= 0.6 is 0 Å². The topological polar surface area (TPSA) is 58.4 Å². The van der Waals surface area contributed by atoms with E-state index in [0.717, 1.165) is 11.3 Å². The van der Waals surface area contributed by atoms with E-state index in [1.54, 1.807) is 24.7 Å². The highest BCUT2D eigenvalue weighted by Gasteiger charge is 2.22. The summed E-state index contributed by atoms with van der Waals surface area (Å²) >= 11 is 0. The van der Waals surface area contributed by atoms with Crippen LogP contribution in [0.3, 0.4) is 0 Å². The number of hydrogen-bond acceptors (Lipinski definition) is 4. The first kappa shape index (κ1) is 13.3. The van der Waals surface area contributed by atoms with Crippen molar-refractivity contribution in [1.29, 1.82) is 0 Å². The van der Waals surface area contributed by atoms with Crippen LogP contribution in [0, 0.1) is 0 Å². The molecule has 0 radical (unpaired) electrons. The van der Waals surface area contributed by atoms with Crippen molar-refractivity contribution in [3.63, 3.8) is 0 Å². The van der Waals surface area contributed by atoms with E-state index in [2.05, 4.69) is 10.3 Å². The SMILES string of the molecule is CN(C)C(C(=O)NCc1ccco1)c1cccnc1. The van der Waals surface area contributed by atoms with Crippen molar-refractivity contribution in [3.8, 4) is 0 Å². The van der Waals surface area contributed by atoms with Crippen LogP contribution < -0.4 is 5.32 Å². The molecule has 0 aliphatic heterocycles. The maximum atomic E-state index is 12.3. The Bertz CT molecular complexity index is 509. The Balaban J connectivity index is 2.05. The maximum Gasteiger partial charge on any atom is 0.242 e. The maximum absolute atomic E-state index is 12.3. The van der Waals surface area contributed by atoms with Gasteiger partial charge in [-0.05, 0) is 37.9 Å². The molecular weight excluding hydrogens is 242 g/mol. The summed E-state index contributed by atoms with van der Waals surface area (Å²) in [5.74, 6) is 0.659. The first-order chi connectivity index (χ1) is 9.18. The largest absolute Gasteiger partial charge is 0.467 e. The van der Waals surface area contributed by atoms with Gasteiger partial charge in [0.15, 0.2) is 0 Å². The third kappa shape index (κ3) is 3.42. The summed E-state index contributed by atoms with van der Waals surface area (Å²) in [6.07, 6.45) is 4.99. The minimum Gasteiger partial charge on any atom is -0.467 e. The average molecular weight is 259 g/mol. The third-order valence-corrected chi connectivity index (χ3v) is 2.78. The minimum atomic E-state index is -0.358. The molecule has 0 saturated heterocycles. The van der Waals surface area contributed by atoms with Crippen LogP contribution in [-0.2, 0) is 11.3 Å². The van der Waals surface area contributed by atoms with Crippen LogP contribution in [0.25, 0.3) is 0 Å². The molecule has 0 spiro atoms. The highest BCUT2D eigenvalue weighted by molar-refractivity contribution is 5.82. The molecule has 19 heavy (non-hydrogen) atoms. The van der Waals surface area contributed by atoms with Gasteiger partial charge < -0.3 is 9.73 Å². The molecule has 1 atom stereocenters. The molecular formula is C14H17N3O2. The lowest BCUT2D eigenvalue weighted by atomic mass is 10.1. The lowest BCUT2D eigenvalue weighted by Crippen LogP contribution is -2.36. The monoisotopic (exact) mass is 259 g/mol. The number of nitrogens with one attached hydrogen (secondary N) is 1. The van der Waals surface area contributed by atoms with E-state index >= 15 is 0 Å². The third-order valence-electron chi connectivity index (χ3n) is 2.78. The fourth-order valence-electron chi connectivity index (χ4n) is 1.91. The number of hydrogen-bond donors (Lipinski definition) is 1. The standard InChI is InChI=1S/C14H17N3O2/c1-17(2)13(11-5-3-7-15-9-11)14(18)16-10-12-6-4-8-19-12/h3-9,13H,10H2,1-2H3,(H,16,18). The highest BCUT2D eigenvalue weighted by Crippen LogP contribution is 2.17. The Morgan fingerprint density at radius 2 is 2.26 bits per heavy atom. The molecule has 2 aromatic rings. The summed E-state index contributed by atoms with van der Waals surface area (Å²) in [5.41, 5.74) is 0.865. The molecule has 0 aliphatic rings. The molecule has 100 valence electrons. The van der Waals surface area contributed by atoms with Crippen molar-refractivity contribution in [2.75, 3.05) is 14.1 Å². The second-order valence-electron chi connectivity index (χ2n) is 4.45. The van der Waals surface area contributed by atoms with E-state index in [0.29, 0.717) is 6.54 Å². The Morgan fingerprint density at radius 1 is 1.42 bits per heavy atom. The number of nitrogens with zero attached hydrogens (tertiary/aromatic N) is 2. The van der Waals surface area contributed by atoms with E-state index in [1.807, 2.05) is 37.2 Å². The lowest BCUT2D eigenvalue weighted by molar-refractivity contribution is -0.126. The van der Waals surface area contributed by atoms with Crippen molar-refractivity contribution in [1.82, 2.24) is 15.2 Å². The van der Waals surface area contributed by atoms with Crippen molar-refractivity contribution >= 4 is 5.91 Å². The number of amides is 1. The summed E-state index contributed by atoms with van der Waals surface area (Å²) in [4.78, 5) is 18.2. The second kappa shape index (κ2) is 6.15. The smallest absolute Gasteiger partial charge is 0.242 e. The van der Waals surface area contributed by atoms with Gasteiger partial charge in [0.25, 0.3) is 0 Å². The van der Waals surface area contributed by atoms with Gasteiger partial charge in [0, 0.05) is 12.4 Å². The van der Waals surface area contributed by atoms with Crippen molar-refractivity contribution < 1.29 is 9.21 Å². The molecule has 2 aromatic heterocycles. The molecule has 0 saturated carbocycles. The Morgan fingerprint density at radius 3 is 2.84 bits per heavy atom. The van der Waals surface area contributed by atoms with Gasteiger partial charge in [-0.3, -0.25) is 14.7 Å². The molecule has 5 nitrogen and oxygen atoms in total. The van der Waals surface area contributed by atoms with Gasteiger partial charge in [-0.15, -0.1) is 0 Å². The second-order valence-corrected chi connectivity index (χ2v) is 4.45. The summed E-state index contributed by atoms with van der Waals surface area (Å²) in [6.45, 7) is 0.385. The van der Waals surface area contributed by atoms with E-state index < -0.39 is 0 Å². The molecule has 0 bridgehead atoms. The van der Waals surface area contributed by atoms with Gasteiger partial charge in [0.05, 0.1) is 12.8 Å². The predicted molar refractivity (Wildman–Crippen MR) is 71.2 cm³/mol. The summed E-state index contributed by atoms with van der Waals surface area (Å²) in [7, 11) is 3.73. The zero-order valence-corrected chi connectivity index (χ0v) is 11.0. The molecule has 1 N–H and O–H groups in total. The van der Waals surface area contributed by atoms with Crippen molar-refractivity contribution in [3.05, 3.63) is 54.2 Å². The number of furan rings is 1. The van der Waals surface area contributed by atoms with E-state index in [-0.39, 0.29) is 11.9 Å². The average Bonchev–Trinajstić information content (AvgIpc) is 2.90. The molecule has 2 heterocycles. The first-order valence-electron chi connectivity index (χ1n) is 6.05. The van der Waals surface area contributed by atoms with Gasteiger partial charge in [0.1, 0.15) is 11.8 Å². The molecule has 1 unspecified atom stereocenters. The quantitative estimate of drug-likeness (QED) is 0.886. The number of rotatable bonds is 5. The summed E-state index contributed by atoms with van der Waals surface area (Å²) in [5, 5.41) is 2.86. The Hall–Kier alpha value is -2.14.